The van der Waals surface area contributed by atoms with E-state index in [-0.39, 0.29) is 35.5 Å². The van der Waals surface area contributed by atoms with Gasteiger partial charge in [0.15, 0.2) is 11.6 Å². The van der Waals surface area contributed by atoms with Crippen molar-refractivity contribution in [1.82, 2.24) is 4.90 Å². The molecule has 1 aromatic carbocycles. The maximum absolute atomic E-state index is 13.3. The number of benzene rings is 1. The molecule has 0 radical (unpaired) electrons. The fourth-order valence-corrected chi connectivity index (χ4v) is 22.3. The molecule has 386 valence electrons. The van der Waals surface area contributed by atoms with Crippen LogP contribution in [0.5, 0.6) is 0 Å². The van der Waals surface area contributed by atoms with Crippen LogP contribution in [0, 0.1) is 105 Å². The molecule has 8 heteroatoms. The number of carbonyl (C=O) groups is 2. The fraction of sp³-hybridized carbons (Fsp3) is 0.871. The van der Waals surface area contributed by atoms with Gasteiger partial charge in [-0.15, -0.1) is 0 Å². The molecule has 8 saturated carbocycles. The highest BCUT2D eigenvalue weighted by atomic mass is 16.7. The number of rotatable bonds is 1. The molecule has 1 aromatic rings. The van der Waals surface area contributed by atoms with Crippen LogP contribution >= 0.6 is 0 Å². The third kappa shape index (κ3) is 6.67. The predicted molar refractivity (Wildman–Crippen MR) is 270 cm³/mol. The first-order chi connectivity index (χ1) is 33.4. The Bertz CT molecular complexity index is 2180. The Hall–Kier alpha value is -1.84. The van der Waals surface area contributed by atoms with Gasteiger partial charge >= 0.3 is 0 Å². The number of hydrogen-bond acceptors (Lipinski definition) is 7. The van der Waals surface area contributed by atoms with E-state index in [4.69, 9.17) is 18.9 Å². The van der Waals surface area contributed by atoms with Crippen molar-refractivity contribution in [3.8, 4) is 0 Å². The maximum atomic E-state index is 13.3. The van der Waals surface area contributed by atoms with Crippen LogP contribution in [0.4, 0.5) is 0 Å². The van der Waals surface area contributed by atoms with Crippen molar-refractivity contribution in [2.75, 3.05) is 13.2 Å². The lowest BCUT2D eigenvalue weighted by atomic mass is 9.44. The van der Waals surface area contributed by atoms with Crippen LogP contribution in [0.1, 0.15) is 205 Å². The van der Waals surface area contributed by atoms with Crippen molar-refractivity contribution < 1.29 is 33.6 Å². The number of imide groups is 1. The Morgan fingerprint density at radius 3 is 1.44 bits per heavy atom. The Balaban J connectivity index is 0.000000143. The number of aliphatic hydroxyl groups is 1. The second kappa shape index (κ2) is 16.6. The van der Waals surface area contributed by atoms with E-state index < -0.39 is 0 Å². The smallest absolute Gasteiger partial charge is 0.261 e. The van der Waals surface area contributed by atoms with E-state index in [0.717, 1.165) is 99.6 Å². The van der Waals surface area contributed by atoms with E-state index in [1.165, 1.54) is 83.5 Å². The summed E-state index contributed by atoms with van der Waals surface area (Å²) in [4.78, 5) is 28.2. The minimum absolute atomic E-state index is 0.0389. The summed E-state index contributed by atoms with van der Waals surface area (Å²) in [5, 5.41) is 10.3. The number of amides is 2. The molecule has 5 heterocycles. The highest BCUT2D eigenvalue weighted by Gasteiger charge is 2.71. The van der Waals surface area contributed by atoms with Crippen molar-refractivity contribution in [2.45, 2.75) is 220 Å². The molecule has 2 spiro atoms. The van der Waals surface area contributed by atoms with Crippen molar-refractivity contribution in [2.24, 2.45) is 105 Å². The number of aliphatic hydroxyl groups excluding tert-OH is 1. The summed E-state index contributed by atoms with van der Waals surface area (Å²) in [5.41, 5.74) is 2.74. The van der Waals surface area contributed by atoms with Gasteiger partial charge in [0.1, 0.15) is 0 Å². The number of hydrogen-bond donors (Lipinski definition) is 1. The van der Waals surface area contributed by atoms with E-state index >= 15 is 0 Å². The molecule has 24 atom stereocenters. The normalized spacial score (nSPS) is 56.1. The molecule has 13 aliphatic rings. The molecule has 5 aliphatic heterocycles. The number of ether oxygens (including phenoxy) is 4. The zero-order chi connectivity index (χ0) is 48.5. The molecule has 12 fully saturated rings. The Morgan fingerprint density at radius 1 is 0.514 bits per heavy atom. The quantitative estimate of drug-likeness (QED) is 0.280. The zero-order valence-corrected chi connectivity index (χ0v) is 44.6. The summed E-state index contributed by atoms with van der Waals surface area (Å²) in [7, 11) is 0. The topological polar surface area (TPSA) is 94.5 Å². The molecular weight excluding hydrogens is 871 g/mol. The van der Waals surface area contributed by atoms with Crippen LogP contribution in [0.25, 0.3) is 0 Å². The lowest BCUT2D eigenvalue weighted by Gasteiger charge is -2.61. The predicted octanol–water partition coefficient (Wildman–Crippen LogP) is 12.9. The minimum Gasteiger partial charge on any atom is -0.393 e. The van der Waals surface area contributed by atoms with Crippen molar-refractivity contribution in [3.05, 3.63) is 35.4 Å². The average Bonchev–Trinajstić information content (AvgIpc) is 4.06. The second-order valence-electron chi connectivity index (χ2n) is 28.7. The van der Waals surface area contributed by atoms with Crippen LogP contribution < -0.4 is 0 Å². The molecule has 1 N–H and O–H groups in total. The molecular formula is C62H91NO7. The number of carbonyl (C=O) groups excluding carboxylic acids is 2. The van der Waals surface area contributed by atoms with Gasteiger partial charge in [0.05, 0.1) is 42.7 Å². The summed E-state index contributed by atoms with van der Waals surface area (Å²) in [6.07, 6.45) is 24.9. The van der Waals surface area contributed by atoms with E-state index in [2.05, 4.69) is 55.4 Å². The first kappa shape index (κ1) is 47.8. The van der Waals surface area contributed by atoms with E-state index in [9.17, 15) is 14.7 Å². The molecule has 0 unspecified atom stereocenters. The molecule has 8 nitrogen and oxygen atoms in total. The molecule has 2 amide bonds. The van der Waals surface area contributed by atoms with Gasteiger partial charge in [-0.3, -0.25) is 14.5 Å². The van der Waals surface area contributed by atoms with E-state index in [1.54, 1.807) is 4.90 Å². The molecule has 0 aromatic heterocycles. The van der Waals surface area contributed by atoms with Gasteiger partial charge in [-0.2, -0.15) is 0 Å². The van der Waals surface area contributed by atoms with Gasteiger partial charge in [0.25, 0.3) is 11.8 Å². The van der Waals surface area contributed by atoms with Gasteiger partial charge in [0, 0.05) is 30.7 Å². The molecule has 0 bridgehead atoms. The van der Waals surface area contributed by atoms with Gasteiger partial charge in [-0.25, -0.2) is 0 Å². The standard InChI is InChI=1S/C35H47NO4.C27H44O3/c1-20-11-16-35(39-19-20)21(2)30-29(40-35)18-28-26-10-9-22-17-23(12-14-33(22,3)27(26)13-15-34(28,30)4)36-31(37)24-7-5-6-8-25(24)32(36)38;1-16-7-12-27(29-15-16)17(2)24-23(30-27)14-22-20-6-5-18-13-19(28)8-10-25(18,3)21(20)9-11-26(22,24)4/h5-8,20-23,26-30H,9-19H2,1-4H3;16-24,28H,5-15H2,1-4H3/t20-,21-,22+,23-,26+,27-,28-,29-,30-,33-,34-,35+;16-,17-,18+,19+,20+,21-,22-,23-,24-,25-,26-,27+/m00/s1. The molecule has 70 heavy (non-hydrogen) atoms. The number of nitrogens with zero attached hydrogens (tertiary/aromatic N) is 1. The average molecular weight is 962 g/mol. The first-order valence-corrected chi connectivity index (χ1v) is 29.7. The number of fused-ring (bicyclic) bond motifs is 15. The fourth-order valence-electron chi connectivity index (χ4n) is 22.3. The third-order valence-electron chi connectivity index (χ3n) is 26.0. The lowest BCUT2D eigenvalue weighted by Crippen LogP contribution is -2.56. The Morgan fingerprint density at radius 2 is 0.971 bits per heavy atom. The van der Waals surface area contributed by atoms with Crippen LogP contribution in [0.2, 0.25) is 0 Å². The Kier molecular flexibility index (Phi) is 11.3. The van der Waals surface area contributed by atoms with Crippen LogP contribution in [-0.2, 0) is 18.9 Å². The largest absolute Gasteiger partial charge is 0.393 e. The van der Waals surface area contributed by atoms with E-state index in [1.807, 2.05) is 24.3 Å². The highest BCUT2D eigenvalue weighted by Crippen LogP contribution is 2.73. The molecule has 4 saturated heterocycles. The van der Waals surface area contributed by atoms with Crippen LogP contribution in [-0.4, -0.2) is 71.0 Å². The molecule has 14 rings (SSSR count). The summed E-state index contributed by atoms with van der Waals surface area (Å²) in [5.74, 6) is 9.05. The van der Waals surface area contributed by atoms with Crippen molar-refractivity contribution in [1.29, 1.82) is 0 Å². The van der Waals surface area contributed by atoms with Crippen molar-refractivity contribution >= 4 is 11.8 Å². The monoisotopic (exact) mass is 962 g/mol. The SMILES string of the molecule is C[C@H]1CC[C@@]2(OC1)O[C@H]1C[C@H]3[C@@H]4CC[C@@H]5C[C@@H](N6C(=O)c7ccccc7C6=O)CC[C@]5(C)[C@H]4CC[C@]3(C)[C@H]1[C@@H]2C.C[C@H]1CC[C@@]2(OC1)O[C@H]1C[C@H]3[C@@H]4CC[C@@H]5C[C@H](O)CC[C@]5(C)[C@H]4CC[C@]3(C)[C@H]1[C@@H]2C. The van der Waals surface area contributed by atoms with Crippen LogP contribution in [0.3, 0.4) is 0 Å². The van der Waals surface area contributed by atoms with Gasteiger partial charge in [0.2, 0.25) is 0 Å². The summed E-state index contributed by atoms with van der Waals surface area (Å²) in [6, 6.07) is 7.42. The van der Waals surface area contributed by atoms with Crippen molar-refractivity contribution in [3.63, 3.8) is 0 Å². The second-order valence-corrected chi connectivity index (χ2v) is 28.7. The summed E-state index contributed by atoms with van der Waals surface area (Å²) < 4.78 is 26.9. The first-order valence-electron chi connectivity index (χ1n) is 29.7. The van der Waals surface area contributed by atoms with Gasteiger partial charge in [-0.05, 0) is 220 Å². The van der Waals surface area contributed by atoms with E-state index in [0.29, 0.717) is 86.4 Å². The lowest BCUT2D eigenvalue weighted by molar-refractivity contribution is -0.273. The highest BCUT2D eigenvalue weighted by molar-refractivity contribution is 6.21. The Labute approximate surface area is 421 Å². The summed E-state index contributed by atoms with van der Waals surface area (Å²) >= 11 is 0. The van der Waals surface area contributed by atoms with Gasteiger partial charge < -0.3 is 24.1 Å². The molecule has 8 aliphatic carbocycles. The van der Waals surface area contributed by atoms with Gasteiger partial charge in [-0.1, -0.05) is 67.5 Å². The maximum Gasteiger partial charge on any atom is 0.261 e. The third-order valence-corrected chi connectivity index (χ3v) is 26.0. The van der Waals surface area contributed by atoms with Crippen LogP contribution in [0.15, 0.2) is 24.3 Å². The zero-order valence-electron chi connectivity index (χ0n) is 44.6. The minimum atomic E-state index is -0.335. The summed E-state index contributed by atoms with van der Waals surface area (Å²) in [6.45, 7) is 21.7.